The van der Waals surface area contributed by atoms with Crippen molar-refractivity contribution in [3.8, 4) is 11.1 Å². The first-order valence-corrected chi connectivity index (χ1v) is 13.1. The molecule has 3 atom stereocenters. The molecule has 3 aliphatic rings. The third kappa shape index (κ3) is 4.31. The van der Waals surface area contributed by atoms with Crippen LogP contribution in [0.3, 0.4) is 0 Å². The molecule has 1 aliphatic carbocycles. The second-order valence-corrected chi connectivity index (χ2v) is 11.7. The number of halogens is 2. The second kappa shape index (κ2) is 8.96. The Balaban J connectivity index is 1.41. The van der Waals surface area contributed by atoms with Gasteiger partial charge in [0, 0.05) is 37.6 Å². The summed E-state index contributed by atoms with van der Waals surface area (Å²) in [5.74, 6) is -2.18. The Morgan fingerprint density at radius 2 is 1.97 bits per heavy atom. The highest BCUT2D eigenvalue weighted by Gasteiger charge is 2.44. The summed E-state index contributed by atoms with van der Waals surface area (Å²) in [7, 11) is 1.48. The molecule has 6 rings (SSSR count). The topological polar surface area (TPSA) is 105 Å². The Hall–Kier alpha value is -3.63. The first-order chi connectivity index (χ1) is 18.5. The van der Waals surface area contributed by atoms with Crippen LogP contribution in [0, 0.1) is 17.2 Å². The van der Waals surface area contributed by atoms with Crippen molar-refractivity contribution >= 4 is 17.4 Å². The summed E-state index contributed by atoms with van der Waals surface area (Å²) in [5, 5.41) is 16.2. The third-order valence-corrected chi connectivity index (χ3v) is 8.02. The molecule has 0 radical (unpaired) electrons. The highest BCUT2D eigenvalue weighted by molar-refractivity contribution is 6.02. The van der Waals surface area contributed by atoms with Gasteiger partial charge in [-0.1, -0.05) is 13.8 Å². The van der Waals surface area contributed by atoms with E-state index in [-0.39, 0.29) is 28.9 Å². The number of carbonyl (C=O) groups excluding carboxylic acids is 2. The molecular formula is C29H30F2N4O4. The van der Waals surface area contributed by atoms with Crippen LogP contribution in [0.25, 0.3) is 11.1 Å². The maximum atomic E-state index is 15.1. The maximum absolute atomic E-state index is 15.1. The van der Waals surface area contributed by atoms with Crippen molar-refractivity contribution in [2.75, 3.05) is 5.32 Å². The quantitative estimate of drug-likeness (QED) is 0.464. The number of carbonyl (C=O) groups is 2. The zero-order chi connectivity index (χ0) is 27.8. The fourth-order valence-electron chi connectivity index (χ4n) is 6.04. The van der Waals surface area contributed by atoms with Crippen molar-refractivity contribution in [1.29, 1.82) is 0 Å². The van der Waals surface area contributed by atoms with Gasteiger partial charge < -0.3 is 19.6 Å². The summed E-state index contributed by atoms with van der Waals surface area (Å²) < 4.78 is 31.8. The van der Waals surface area contributed by atoms with Crippen molar-refractivity contribution in [1.82, 2.24) is 14.5 Å². The van der Waals surface area contributed by atoms with Crippen LogP contribution in [0.1, 0.15) is 59.2 Å². The number of ketones is 1. The number of fused-ring (bicyclic) bond motifs is 3. The predicted octanol–water partition coefficient (Wildman–Crippen LogP) is 3.39. The highest BCUT2D eigenvalue weighted by Crippen LogP contribution is 2.40. The van der Waals surface area contributed by atoms with Crippen molar-refractivity contribution in [3.63, 3.8) is 0 Å². The Kier molecular flexibility index (Phi) is 5.89. The van der Waals surface area contributed by atoms with E-state index < -0.39 is 42.0 Å². The number of aliphatic hydroxyl groups excluding tert-OH is 1. The van der Waals surface area contributed by atoms with Gasteiger partial charge in [0.2, 0.25) is 11.7 Å². The monoisotopic (exact) mass is 536 g/mol. The molecule has 3 aromatic rings. The number of anilines is 1. The van der Waals surface area contributed by atoms with E-state index in [4.69, 9.17) is 0 Å². The minimum Gasteiger partial charge on any atom is -0.392 e. The van der Waals surface area contributed by atoms with Gasteiger partial charge in [0.25, 0.3) is 5.56 Å². The van der Waals surface area contributed by atoms with Crippen LogP contribution in [0.2, 0.25) is 0 Å². The lowest BCUT2D eigenvalue weighted by atomic mass is 9.87. The van der Waals surface area contributed by atoms with Gasteiger partial charge in [0.15, 0.2) is 0 Å². The fraction of sp³-hybridized carbons (Fsp3) is 0.414. The first kappa shape index (κ1) is 25.6. The van der Waals surface area contributed by atoms with Gasteiger partial charge in [-0.25, -0.2) is 8.78 Å². The number of pyridine rings is 1. The van der Waals surface area contributed by atoms with Gasteiger partial charge in [-0.2, -0.15) is 0 Å². The number of aryl methyl sites for hydroxylation is 1. The number of nitrogens with one attached hydrogen (secondary N) is 2. The van der Waals surface area contributed by atoms with Crippen molar-refractivity contribution < 1.29 is 23.5 Å². The van der Waals surface area contributed by atoms with E-state index in [1.807, 2.05) is 0 Å². The Morgan fingerprint density at radius 1 is 1.23 bits per heavy atom. The van der Waals surface area contributed by atoms with Crippen LogP contribution in [0.4, 0.5) is 14.5 Å². The summed E-state index contributed by atoms with van der Waals surface area (Å²) >= 11 is 0. The zero-order valence-corrected chi connectivity index (χ0v) is 22.0. The largest absolute Gasteiger partial charge is 0.392 e. The van der Waals surface area contributed by atoms with Gasteiger partial charge in [-0.05, 0) is 64.8 Å². The van der Waals surface area contributed by atoms with Crippen LogP contribution >= 0.6 is 0 Å². The lowest BCUT2D eigenvalue weighted by Crippen LogP contribution is -2.36. The Morgan fingerprint density at radius 3 is 2.67 bits per heavy atom. The number of nitrogens with zero attached hydrogens (tertiary/aromatic N) is 2. The SMILES string of the molecule is Cn1cc(-c2cc(F)cc(C3NCc4cc5n(c4C3=O)CC(C)(C)C5)c2CO)cc(NC(=O)[C@@H]2C[C@@H]2F)c1=O. The number of hydrogen-bond acceptors (Lipinski definition) is 5. The molecule has 10 heteroatoms. The minimum absolute atomic E-state index is 0.0360. The van der Waals surface area contributed by atoms with Crippen molar-refractivity contribution in [3.05, 3.63) is 74.7 Å². The molecule has 1 aromatic carbocycles. The van der Waals surface area contributed by atoms with Gasteiger partial charge in [-0.15, -0.1) is 0 Å². The Bertz CT molecular complexity index is 1610. The molecule has 4 heterocycles. The second-order valence-electron chi connectivity index (χ2n) is 11.7. The highest BCUT2D eigenvalue weighted by atomic mass is 19.1. The molecule has 2 aromatic heterocycles. The zero-order valence-electron chi connectivity index (χ0n) is 22.0. The summed E-state index contributed by atoms with van der Waals surface area (Å²) in [4.78, 5) is 38.9. The molecule has 1 amide bonds. The van der Waals surface area contributed by atoms with E-state index in [0.29, 0.717) is 35.5 Å². The molecule has 8 nitrogen and oxygen atoms in total. The molecule has 3 N–H and O–H groups in total. The standard InChI is InChI=1S/C29H30F2N4O4/c1-29(2)9-17-4-14-10-32-24(26(37)25(14)35(17)13-29)19-7-16(30)6-18(21(19)12-36)15-5-23(28(39)34(3)11-15)33-27(38)20-8-22(20)31/h4-7,11,20,22,24,32,36H,8-10,12-13H2,1-3H3,(H,33,38)/t20-,22+,24?/m1/s1. The molecule has 0 saturated heterocycles. The summed E-state index contributed by atoms with van der Waals surface area (Å²) in [6.45, 7) is 4.97. The molecule has 2 aliphatic heterocycles. The number of amides is 1. The number of Topliss-reactive ketones (excluding diaryl/α,β-unsaturated/α-hetero) is 1. The van der Waals surface area contributed by atoms with E-state index in [1.54, 1.807) is 0 Å². The number of alkyl halides is 1. The van der Waals surface area contributed by atoms with Crippen LogP contribution in [-0.4, -0.2) is 32.1 Å². The average Bonchev–Trinajstić information content (AvgIpc) is 3.40. The van der Waals surface area contributed by atoms with Crippen molar-refractivity contribution in [2.24, 2.45) is 18.4 Å². The molecule has 1 unspecified atom stereocenters. The van der Waals surface area contributed by atoms with Gasteiger partial charge in [0.1, 0.15) is 17.7 Å². The smallest absolute Gasteiger partial charge is 0.274 e. The van der Waals surface area contributed by atoms with Gasteiger partial charge >= 0.3 is 0 Å². The third-order valence-electron chi connectivity index (χ3n) is 8.02. The van der Waals surface area contributed by atoms with Crippen LogP contribution in [0.15, 0.2) is 35.3 Å². The number of aromatic nitrogens is 2. The van der Waals surface area contributed by atoms with Gasteiger partial charge in [0.05, 0.1) is 24.3 Å². The average molecular weight is 537 g/mol. The summed E-state index contributed by atoms with van der Waals surface area (Å²) in [6, 6.07) is 5.06. The number of hydrogen-bond donors (Lipinski definition) is 3. The lowest BCUT2D eigenvalue weighted by Gasteiger charge is -2.28. The fourth-order valence-corrected chi connectivity index (χ4v) is 6.04. The first-order valence-electron chi connectivity index (χ1n) is 13.1. The van der Waals surface area contributed by atoms with Crippen LogP contribution in [0.5, 0.6) is 0 Å². The van der Waals surface area contributed by atoms with E-state index in [2.05, 4.69) is 35.1 Å². The van der Waals surface area contributed by atoms with Gasteiger partial charge in [-0.3, -0.25) is 19.7 Å². The maximum Gasteiger partial charge on any atom is 0.274 e. The van der Waals surface area contributed by atoms with E-state index in [0.717, 1.165) is 17.7 Å². The molecule has 1 fully saturated rings. The van der Waals surface area contributed by atoms with Crippen LogP contribution < -0.4 is 16.2 Å². The Labute approximate surface area is 223 Å². The molecule has 0 spiro atoms. The van der Waals surface area contributed by atoms with E-state index in [9.17, 15) is 23.9 Å². The van der Waals surface area contributed by atoms with Crippen LogP contribution in [-0.2, 0) is 38.0 Å². The predicted molar refractivity (Wildman–Crippen MR) is 140 cm³/mol. The molecular weight excluding hydrogens is 506 g/mol. The summed E-state index contributed by atoms with van der Waals surface area (Å²) in [6.07, 6.45) is 1.22. The molecule has 0 bridgehead atoms. The number of benzene rings is 1. The van der Waals surface area contributed by atoms with E-state index >= 15 is 4.39 Å². The minimum atomic E-state index is -1.22. The molecule has 1 saturated carbocycles. The van der Waals surface area contributed by atoms with E-state index in [1.165, 1.54) is 36.0 Å². The van der Waals surface area contributed by atoms with Crippen molar-refractivity contribution in [2.45, 2.75) is 58.6 Å². The molecule has 204 valence electrons. The summed E-state index contributed by atoms with van der Waals surface area (Å²) in [5.41, 5.74) is 3.39. The molecule has 39 heavy (non-hydrogen) atoms. The normalized spacial score (nSPS) is 22.9. The number of rotatable bonds is 5. The number of aliphatic hydroxyl groups is 1. The lowest BCUT2D eigenvalue weighted by molar-refractivity contribution is -0.117.